The van der Waals surface area contributed by atoms with Gasteiger partial charge < -0.3 is 9.66 Å². The molecule has 0 spiro atoms. The van der Waals surface area contributed by atoms with E-state index in [-0.39, 0.29) is 35.1 Å². The number of nitrogens with zero attached hydrogens (tertiary/aromatic N) is 2. The van der Waals surface area contributed by atoms with E-state index < -0.39 is 23.0 Å². The fourth-order valence-electron chi connectivity index (χ4n) is 1.38. The molecule has 94 valence electrons. The van der Waals surface area contributed by atoms with Gasteiger partial charge in [0.1, 0.15) is 6.26 Å². The minimum atomic E-state index is -1.58. The zero-order valence-corrected chi connectivity index (χ0v) is 14.0. The Balaban J connectivity index is 0.00000180. The Hall–Kier alpha value is -0.570. The normalized spacial score (nSPS) is 11.5. The first-order valence-electron chi connectivity index (χ1n) is 4.95. The van der Waals surface area contributed by atoms with Crippen molar-refractivity contribution in [3.8, 4) is 5.75 Å². The smallest absolute Gasteiger partial charge is 0.872 e. The first kappa shape index (κ1) is 16.5. The molecule has 0 radical (unpaired) electrons. The van der Waals surface area contributed by atoms with Crippen molar-refractivity contribution in [2.75, 3.05) is 10.6 Å². The van der Waals surface area contributed by atoms with Gasteiger partial charge in [0.2, 0.25) is 5.13 Å². The van der Waals surface area contributed by atoms with Gasteiger partial charge in [-0.15, -0.1) is 11.3 Å². The van der Waals surface area contributed by atoms with Gasteiger partial charge in [-0.2, -0.15) is 0 Å². The largest absolute Gasteiger partial charge is 1.00 e. The topological polar surface area (TPSA) is 79.3 Å². The second-order valence-electron chi connectivity index (χ2n) is 3.33. The van der Waals surface area contributed by atoms with Crippen LogP contribution >= 0.6 is 11.3 Å². The van der Waals surface area contributed by atoms with Crippen LogP contribution in [0.2, 0.25) is 0 Å². The minimum Gasteiger partial charge on any atom is -0.872 e. The summed E-state index contributed by atoms with van der Waals surface area (Å²) in [4.78, 5) is 16.1. The molecule has 0 aliphatic carbocycles. The Morgan fingerprint density at radius 1 is 1.42 bits per heavy atom. The summed E-state index contributed by atoms with van der Waals surface area (Å²) in [6.07, 6.45) is 2.88. The van der Waals surface area contributed by atoms with Crippen LogP contribution in [0.15, 0.2) is 35.8 Å². The molecule has 0 fully saturated rings. The van der Waals surface area contributed by atoms with Gasteiger partial charge >= 0.3 is 35.5 Å². The second kappa shape index (κ2) is 7.28. The molecule has 1 aromatic heterocycles. The summed E-state index contributed by atoms with van der Waals surface area (Å²) in [5.41, 5.74) is -0.0112. The molecule has 5 nitrogen and oxygen atoms in total. The average Bonchev–Trinajstić information content (AvgIpc) is 2.82. The molecule has 19 heavy (non-hydrogen) atoms. The molecule has 0 bridgehead atoms. The molecule has 0 aliphatic rings. The third-order valence-corrected chi connectivity index (χ3v) is 3.88. The molecular formula is C11H9N2NaO3S2. The van der Waals surface area contributed by atoms with Gasteiger partial charge in [0.15, 0.2) is 0 Å². The van der Waals surface area contributed by atoms with Crippen LogP contribution in [0.25, 0.3) is 0 Å². The van der Waals surface area contributed by atoms with E-state index in [2.05, 4.69) is 4.98 Å². The van der Waals surface area contributed by atoms with Crippen LogP contribution in [0.3, 0.4) is 0 Å². The van der Waals surface area contributed by atoms with Crippen molar-refractivity contribution in [3.63, 3.8) is 0 Å². The number of hydrogen-bond donors (Lipinski definition) is 0. The zero-order chi connectivity index (χ0) is 13.1. The standard InChI is InChI=1S/C11H10N2O3S2.Na/c1-18(16)13(11-12-6-7-17-11)10(15)8-4-2-3-5-9(8)14;/h2-7,14H,1H3;/q;+1/p-1. The summed E-state index contributed by atoms with van der Waals surface area (Å²) in [5.74, 6) is -0.995. The van der Waals surface area contributed by atoms with Crippen molar-refractivity contribution in [1.82, 2.24) is 4.98 Å². The Bertz CT molecular complexity index is 549. The number of amides is 1. The summed E-state index contributed by atoms with van der Waals surface area (Å²) in [5, 5.41) is 13.6. The number of benzene rings is 1. The van der Waals surface area contributed by atoms with Gasteiger partial charge in [-0.25, -0.2) is 4.98 Å². The van der Waals surface area contributed by atoms with Gasteiger partial charge in [0.05, 0.1) is 11.4 Å². The SMILES string of the molecule is C[S+]([O-])N(C(=O)c1ccccc1[O-])c1nccs1.[Na+]. The molecule has 1 heterocycles. The number of para-hydroxylation sites is 1. The monoisotopic (exact) mass is 304 g/mol. The van der Waals surface area contributed by atoms with E-state index >= 15 is 0 Å². The zero-order valence-electron chi connectivity index (χ0n) is 10.4. The van der Waals surface area contributed by atoms with E-state index in [4.69, 9.17) is 0 Å². The summed E-state index contributed by atoms with van der Waals surface area (Å²) < 4.78 is 12.7. The van der Waals surface area contributed by atoms with Crippen molar-refractivity contribution in [1.29, 1.82) is 0 Å². The molecule has 0 aliphatic heterocycles. The maximum absolute atomic E-state index is 12.2. The van der Waals surface area contributed by atoms with Crippen molar-refractivity contribution in [3.05, 3.63) is 41.4 Å². The van der Waals surface area contributed by atoms with Crippen molar-refractivity contribution in [2.24, 2.45) is 0 Å². The summed E-state index contributed by atoms with van der Waals surface area (Å²) in [6, 6.07) is 5.85. The van der Waals surface area contributed by atoms with Crippen molar-refractivity contribution >= 4 is 33.7 Å². The van der Waals surface area contributed by atoms with Crippen LogP contribution in [0.1, 0.15) is 10.4 Å². The number of carbonyl (C=O) groups is 1. The summed E-state index contributed by atoms with van der Waals surface area (Å²) >= 11 is -0.392. The number of hydrogen-bond acceptors (Lipinski definition) is 5. The molecule has 1 atom stereocenters. The van der Waals surface area contributed by atoms with Crippen LogP contribution in [0.5, 0.6) is 5.75 Å². The summed E-state index contributed by atoms with van der Waals surface area (Å²) in [7, 11) is 0. The average molecular weight is 304 g/mol. The Morgan fingerprint density at radius 3 is 2.63 bits per heavy atom. The second-order valence-corrected chi connectivity index (χ2v) is 5.42. The van der Waals surface area contributed by atoms with Crippen LogP contribution in [-0.4, -0.2) is 21.7 Å². The van der Waals surface area contributed by atoms with Gasteiger partial charge in [-0.3, -0.25) is 4.79 Å². The van der Waals surface area contributed by atoms with Crippen LogP contribution < -0.4 is 39.0 Å². The third kappa shape index (κ3) is 3.71. The molecular weight excluding hydrogens is 295 g/mol. The van der Waals surface area contributed by atoms with E-state index in [0.29, 0.717) is 5.13 Å². The first-order chi connectivity index (χ1) is 8.61. The van der Waals surface area contributed by atoms with Gasteiger partial charge in [0.25, 0.3) is 0 Å². The Labute approximate surface area is 139 Å². The van der Waals surface area contributed by atoms with Crippen LogP contribution in [-0.2, 0) is 11.4 Å². The molecule has 0 saturated heterocycles. The Kier molecular flexibility index (Phi) is 6.31. The first-order valence-corrected chi connectivity index (χ1v) is 7.34. The number of thiazole rings is 1. The van der Waals surface area contributed by atoms with E-state index in [9.17, 15) is 14.5 Å². The molecule has 0 saturated carbocycles. The van der Waals surface area contributed by atoms with Gasteiger partial charge in [-0.1, -0.05) is 28.3 Å². The third-order valence-electron chi connectivity index (χ3n) is 2.15. The Morgan fingerprint density at radius 2 is 2.11 bits per heavy atom. The van der Waals surface area contributed by atoms with E-state index in [0.717, 1.165) is 4.31 Å². The molecule has 1 unspecified atom stereocenters. The molecule has 2 aromatic rings. The minimum absolute atomic E-state index is 0. The van der Waals surface area contributed by atoms with Crippen molar-refractivity contribution < 1.29 is 44.0 Å². The van der Waals surface area contributed by atoms with Crippen molar-refractivity contribution in [2.45, 2.75) is 0 Å². The molecule has 0 N–H and O–H groups in total. The van der Waals surface area contributed by atoms with E-state index in [1.807, 2.05) is 0 Å². The molecule has 1 aromatic carbocycles. The number of anilines is 1. The van der Waals surface area contributed by atoms with E-state index in [1.54, 1.807) is 17.5 Å². The molecule has 2 rings (SSSR count). The fourth-order valence-corrected chi connectivity index (χ4v) is 2.97. The predicted octanol–water partition coefficient (Wildman–Crippen LogP) is -1.84. The summed E-state index contributed by atoms with van der Waals surface area (Å²) in [6.45, 7) is 0. The number of carbonyl (C=O) groups excluding carboxylic acids is 1. The molecule has 1 amide bonds. The quantitative estimate of drug-likeness (QED) is 0.493. The number of aromatic nitrogens is 1. The van der Waals surface area contributed by atoms with Crippen LogP contribution in [0.4, 0.5) is 5.13 Å². The van der Waals surface area contributed by atoms with E-state index in [1.165, 1.54) is 35.9 Å². The predicted molar refractivity (Wildman–Crippen MR) is 68.9 cm³/mol. The number of rotatable bonds is 3. The van der Waals surface area contributed by atoms with Crippen LogP contribution in [0, 0.1) is 0 Å². The van der Waals surface area contributed by atoms with Gasteiger partial charge in [0, 0.05) is 17.1 Å². The maximum atomic E-state index is 12.2. The van der Waals surface area contributed by atoms with Gasteiger partial charge in [-0.05, 0) is 6.07 Å². The fraction of sp³-hybridized carbons (Fsp3) is 0.0909. The maximum Gasteiger partial charge on any atom is 1.00 e. The molecule has 8 heteroatoms.